The van der Waals surface area contributed by atoms with Crippen LogP contribution in [0.5, 0.6) is 0 Å². The van der Waals surface area contributed by atoms with Crippen LogP contribution in [0.4, 0.5) is 5.69 Å². The monoisotopic (exact) mass is 222 g/mol. The van der Waals surface area contributed by atoms with Crippen LogP contribution in [0.15, 0.2) is 23.1 Å². The van der Waals surface area contributed by atoms with Crippen LogP contribution in [0.25, 0.3) is 0 Å². The van der Waals surface area contributed by atoms with E-state index in [0.717, 1.165) is 18.7 Å². The molecule has 1 heterocycles. The minimum Gasteiger partial charge on any atom is -0.312 e. The molecule has 0 saturated carbocycles. The zero-order valence-electron chi connectivity index (χ0n) is 8.91. The van der Waals surface area contributed by atoms with Crippen LogP contribution < -0.4 is 9.62 Å². The van der Waals surface area contributed by atoms with E-state index in [1.807, 2.05) is 24.1 Å². The number of anilines is 1. The lowest BCUT2D eigenvalue weighted by Gasteiger charge is -2.14. The van der Waals surface area contributed by atoms with Gasteiger partial charge in [-0.15, -0.1) is 0 Å². The summed E-state index contributed by atoms with van der Waals surface area (Å²) in [6, 6.07) is 6.23. The third kappa shape index (κ3) is 2.01. The Bertz CT molecular complexity index is 392. The number of hydrogen-bond acceptors (Lipinski definition) is 3. The van der Waals surface area contributed by atoms with Crippen molar-refractivity contribution in [2.75, 3.05) is 18.5 Å². The summed E-state index contributed by atoms with van der Waals surface area (Å²) in [5.74, 6) is 0.128. The predicted molar refractivity (Wildman–Crippen MR) is 63.1 cm³/mol. The molecular formula is C11H14N2OS. The fraction of sp³-hybridized carbons (Fsp3) is 0.364. The SMILES string of the molecule is CNSc1ccc2c(c1)CCN2C(C)=O. The fourth-order valence-corrected chi connectivity index (χ4v) is 2.46. The predicted octanol–water partition coefficient (Wildman–Crippen LogP) is 1.82. The highest BCUT2D eigenvalue weighted by Crippen LogP contribution is 2.31. The molecule has 1 N–H and O–H groups in total. The maximum atomic E-state index is 11.3. The van der Waals surface area contributed by atoms with E-state index in [9.17, 15) is 4.79 Å². The van der Waals surface area contributed by atoms with Crippen molar-refractivity contribution in [2.45, 2.75) is 18.2 Å². The van der Waals surface area contributed by atoms with E-state index in [4.69, 9.17) is 0 Å². The first-order valence-corrected chi connectivity index (χ1v) is 5.78. The van der Waals surface area contributed by atoms with Crippen molar-refractivity contribution in [1.82, 2.24) is 4.72 Å². The molecule has 15 heavy (non-hydrogen) atoms. The van der Waals surface area contributed by atoms with Crippen molar-refractivity contribution in [3.63, 3.8) is 0 Å². The molecule has 1 aromatic rings. The first kappa shape index (κ1) is 10.5. The second-order valence-corrected chi connectivity index (χ2v) is 4.60. The third-order valence-electron chi connectivity index (χ3n) is 2.55. The van der Waals surface area contributed by atoms with Gasteiger partial charge in [-0.1, -0.05) is 0 Å². The highest BCUT2D eigenvalue weighted by Gasteiger charge is 2.21. The van der Waals surface area contributed by atoms with Gasteiger partial charge in [0, 0.05) is 24.1 Å². The smallest absolute Gasteiger partial charge is 0.223 e. The van der Waals surface area contributed by atoms with E-state index in [-0.39, 0.29) is 5.91 Å². The fourth-order valence-electron chi connectivity index (χ4n) is 1.89. The summed E-state index contributed by atoms with van der Waals surface area (Å²) in [5.41, 5.74) is 2.34. The van der Waals surface area contributed by atoms with Gasteiger partial charge in [-0.3, -0.25) is 9.52 Å². The van der Waals surface area contributed by atoms with Crippen LogP contribution in [-0.4, -0.2) is 19.5 Å². The van der Waals surface area contributed by atoms with Gasteiger partial charge in [0.1, 0.15) is 0 Å². The molecule has 1 aliphatic heterocycles. The average molecular weight is 222 g/mol. The lowest BCUT2D eigenvalue weighted by Crippen LogP contribution is -2.25. The summed E-state index contributed by atoms with van der Waals surface area (Å²) >= 11 is 1.60. The number of amides is 1. The Morgan fingerprint density at radius 1 is 1.53 bits per heavy atom. The van der Waals surface area contributed by atoms with Gasteiger partial charge in [0.05, 0.1) is 0 Å². The molecule has 80 valence electrons. The Morgan fingerprint density at radius 2 is 2.33 bits per heavy atom. The number of benzene rings is 1. The Kier molecular flexibility index (Phi) is 2.98. The van der Waals surface area contributed by atoms with E-state index in [1.54, 1.807) is 18.9 Å². The van der Waals surface area contributed by atoms with Crippen molar-refractivity contribution in [2.24, 2.45) is 0 Å². The molecule has 0 unspecified atom stereocenters. The first-order chi connectivity index (χ1) is 7.22. The summed E-state index contributed by atoms with van der Waals surface area (Å²) in [4.78, 5) is 14.4. The molecule has 1 aromatic carbocycles. The highest BCUT2D eigenvalue weighted by atomic mass is 32.2. The van der Waals surface area contributed by atoms with Crippen molar-refractivity contribution in [3.8, 4) is 0 Å². The van der Waals surface area contributed by atoms with Gasteiger partial charge in [0.2, 0.25) is 5.91 Å². The average Bonchev–Trinajstić information content (AvgIpc) is 2.61. The van der Waals surface area contributed by atoms with Gasteiger partial charge in [0.15, 0.2) is 0 Å². The summed E-state index contributed by atoms with van der Waals surface area (Å²) < 4.78 is 3.05. The van der Waals surface area contributed by atoms with Crippen LogP contribution in [0, 0.1) is 0 Å². The molecule has 2 rings (SSSR count). The molecule has 1 amide bonds. The van der Waals surface area contributed by atoms with Crippen molar-refractivity contribution >= 4 is 23.5 Å². The summed E-state index contributed by atoms with van der Waals surface area (Å²) in [7, 11) is 1.90. The second-order valence-electron chi connectivity index (χ2n) is 3.52. The number of nitrogens with one attached hydrogen (secondary N) is 1. The minimum absolute atomic E-state index is 0.128. The zero-order chi connectivity index (χ0) is 10.8. The molecule has 0 saturated heterocycles. The molecule has 0 spiro atoms. The Labute approximate surface area is 94.0 Å². The van der Waals surface area contributed by atoms with Gasteiger partial charge in [-0.2, -0.15) is 0 Å². The molecule has 0 aromatic heterocycles. The Balaban J connectivity index is 2.29. The van der Waals surface area contributed by atoms with Crippen LogP contribution in [-0.2, 0) is 11.2 Å². The highest BCUT2D eigenvalue weighted by molar-refractivity contribution is 7.97. The van der Waals surface area contributed by atoms with Crippen molar-refractivity contribution in [3.05, 3.63) is 23.8 Å². The van der Waals surface area contributed by atoms with Gasteiger partial charge in [0.25, 0.3) is 0 Å². The first-order valence-electron chi connectivity index (χ1n) is 4.97. The molecule has 0 atom stereocenters. The van der Waals surface area contributed by atoms with E-state index in [0.29, 0.717) is 0 Å². The van der Waals surface area contributed by atoms with E-state index in [2.05, 4.69) is 10.8 Å². The maximum absolute atomic E-state index is 11.3. The molecule has 1 aliphatic rings. The molecule has 0 fully saturated rings. The number of nitrogens with zero attached hydrogens (tertiary/aromatic N) is 1. The zero-order valence-corrected chi connectivity index (χ0v) is 9.73. The Hall–Kier alpha value is -1.00. The summed E-state index contributed by atoms with van der Waals surface area (Å²) in [6.45, 7) is 2.43. The lowest BCUT2D eigenvalue weighted by molar-refractivity contribution is -0.116. The van der Waals surface area contributed by atoms with E-state index < -0.39 is 0 Å². The topological polar surface area (TPSA) is 32.3 Å². The van der Waals surface area contributed by atoms with E-state index >= 15 is 0 Å². The third-order valence-corrected chi connectivity index (χ3v) is 3.24. The molecule has 3 nitrogen and oxygen atoms in total. The van der Waals surface area contributed by atoms with Gasteiger partial charge < -0.3 is 4.90 Å². The summed E-state index contributed by atoms with van der Waals surface area (Å²) in [5, 5.41) is 0. The van der Waals surface area contributed by atoms with Gasteiger partial charge in [-0.05, 0) is 49.2 Å². The van der Waals surface area contributed by atoms with Crippen LogP contribution >= 0.6 is 11.9 Å². The van der Waals surface area contributed by atoms with Crippen LogP contribution in [0.2, 0.25) is 0 Å². The van der Waals surface area contributed by atoms with Gasteiger partial charge >= 0.3 is 0 Å². The minimum atomic E-state index is 0.128. The largest absolute Gasteiger partial charge is 0.312 e. The second kappa shape index (κ2) is 4.24. The number of rotatable bonds is 2. The quantitative estimate of drug-likeness (QED) is 0.775. The van der Waals surface area contributed by atoms with Crippen molar-refractivity contribution in [1.29, 1.82) is 0 Å². The van der Waals surface area contributed by atoms with Crippen molar-refractivity contribution < 1.29 is 4.79 Å². The molecule has 0 bridgehead atoms. The molecular weight excluding hydrogens is 208 g/mol. The molecule has 0 radical (unpaired) electrons. The number of carbonyl (C=O) groups excluding carboxylic acids is 1. The number of carbonyl (C=O) groups is 1. The lowest BCUT2D eigenvalue weighted by atomic mass is 10.2. The van der Waals surface area contributed by atoms with E-state index in [1.165, 1.54) is 10.5 Å². The molecule has 4 heteroatoms. The standard InChI is InChI=1S/C11H14N2OS/c1-8(14)13-6-5-9-7-10(15-12-2)3-4-11(9)13/h3-4,7,12H,5-6H2,1-2H3. The summed E-state index contributed by atoms with van der Waals surface area (Å²) in [6.07, 6.45) is 0.965. The maximum Gasteiger partial charge on any atom is 0.223 e. The number of hydrogen-bond donors (Lipinski definition) is 1. The normalized spacial score (nSPS) is 14.1. The van der Waals surface area contributed by atoms with Crippen LogP contribution in [0.1, 0.15) is 12.5 Å². The van der Waals surface area contributed by atoms with Gasteiger partial charge in [-0.25, -0.2) is 0 Å². The van der Waals surface area contributed by atoms with Crippen LogP contribution in [0.3, 0.4) is 0 Å². The molecule has 0 aliphatic carbocycles. The number of fused-ring (bicyclic) bond motifs is 1. The Morgan fingerprint density at radius 3 is 3.00 bits per heavy atom.